The molecule has 0 aromatic rings. The maximum absolute atomic E-state index is 3.76. The van der Waals surface area contributed by atoms with Crippen molar-refractivity contribution in [2.24, 2.45) is 0 Å². The van der Waals surface area contributed by atoms with Gasteiger partial charge >= 0.3 is 0 Å². The molecule has 1 heterocycles. The van der Waals surface area contributed by atoms with Gasteiger partial charge in [0.15, 0.2) is 0 Å². The lowest BCUT2D eigenvalue weighted by Crippen LogP contribution is -2.49. The molecule has 100 valence electrons. The lowest BCUT2D eigenvalue weighted by atomic mass is 10.2. The van der Waals surface area contributed by atoms with Gasteiger partial charge in [-0.05, 0) is 19.8 Å². The van der Waals surface area contributed by atoms with Gasteiger partial charge in [0, 0.05) is 42.2 Å². The summed E-state index contributed by atoms with van der Waals surface area (Å²) in [7, 11) is 0. The fraction of sp³-hybridized carbons (Fsp3) is 1.00. The van der Waals surface area contributed by atoms with Crippen LogP contribution in [0.1, 0.15) is 46.5 Å². The van der Waals surface area contributed by atoms with Crippen molar-refractivity contribution in [3.05, 3.63) is 0 Å². The molecule has 0 aromatic carbocycles. The third-order valence-corrected chi connectivity index (χ3v) is 5.36. The first kappa shape index (κ1) is 13.7. The molecule has 0 spiro atoms. The van der Waals surface area contributed by atoms with Gasteiger partial charge in [0.25, 0.3) is 0 Å². The predicted molar refractivity (Wildman–Crippen MR) is 77.8 cm³/mol. The van der Waals surface area contributed by atoms with Crippen molar-refractivity contribution in [2.45, 2.75) is 69.0 Å². The molecule has 2 aliphatic rings. The van der Waals surface area contributed by atoms with Crippen molar-refractivity contribution in [2.75, 3.05) is 19.6 Å². The maximum Gasteiger partial charge on any atom is 0.0193 e. The van der Waals surface area contributed by atoms with Gasteiger partial charge in [0.05, 0.1) is 0 Å². The molecule has 1 aliphatic heterocycles. The fourth-order valence-electron chi connectivity index (χ4n) is 3.17. The van der Waals surface area contributed by atoms with E-state index in [2.05, 4.69) is 42.7 Å². The van der Waals surface area contributed by atoms with E-state index in [9.17, 15) is 0 Å². The summed E-state index contributed by atoms with van der Waals surface area (Å²) >= 11 is 2.14. The number of nitrogens with zero attached hydrogens (tertiary/aromatic N) is 1. The van der Waals surface area contributed by atoms with Crippen LogP contribution in [0.2, 0.25) is 0 Å². The zero-order chi connectivity index (χ0) is 12.3. The number of hydrogen-bond acceptors (Lipinski definition) is 3. The van der Waals surface area contributed by atoms with Gasteiger partial charge in [-0.15, -0.1) is 0 Å². The predicted octanol–water partition coefficient (Wildman–Crippen LogP) is 2.73. The van der Waals surface area contributed by atoms with Crippen molar-refractivity contribution in [3.8, 4) is 0 Å². The summed E-state index contributed by atoms with van der Waals surface area (Å²) in [5.74, 6) is 0. The zero-order valence-electron chi connectivity index (χ0n) is 11.6. The van der Waals surface area contributed by atoms with Crippen LogP contribution in [-0.2, 0) is 0 Å². The highest BCUT2D eigenvalue weighted by Gasteiger charge is 2.26. The van der Waals surface area contributed by atoms with Crippen molar-refractivity contribution in [3.63, 3.8) is 0 Å². The quantitative estimate of drug-likeness (QED) is 0.832. The topological polar surface area (TPSA) is 15.3 Å². The molecule has 1 saturated heterocycles. The number of nitrogens with one attached hydrogen (secondary N) is 1. The molecule has 17 heavy (non-hydrogen) atoms. The van der Waals surface area contributed by atoms with Crippen LogP contribution in [0.3, 0.4) is 0 Å². The Hall–Kier alpha value is 0.270. The molecule has 3 atom stereocenters. The monoisotopic (exact) mass is 256 g/mol. The molecular weight excluding hydrogens is 228 g/mol. The summed E-state index contributed by atoms with van der Waals surface area (Å²) in [5.41, 5.74) is 0. The smallest absolute Gasteiger partial charge is 0.0193 e. The summed E-state index contributed by atoms with van der Waals surface area (Å²) in [6.07, 6.45) is 5.66. The Morgan fingerprint density at radius 1 is 1.18 bits per heavy atom. The van der Waals surface area contributed by atoms with Crippen LogP contribution in [0.4, 0.5) is 0 Å². The summed E-state index contributed by atoms with van der Waals surface area (Å²) in [4.78, 5) is 2.67. The van der Waals surface area contributed by atoms with Crippen LogP contribution >= 0.6 is 11.8 Å². The average molecular weight is 256 g/mol. The van der Waals surface area contributed by atoms with E-state index < -0.39 is 0 Å². The average Bonchev–Trinajstić information content (AvgIpc) is 2.77. The summed E-state index contributed by atoms with van der Waals surface area (Å²) in [6, 6.07) is 1.51. The molecule has 2 rings (SSSR count). The normalized spacial score (nSPS) is 34.1. The van der Waals surface area contributed by atoms with Crippen LogP contribution < -0.4 is 5.32 Å². The van der Waals surface area contributed by atoms with Crippen LogP contribution in [0.15, 0.2) is 0 Å². The van der Waals surface area contributed by atoms with Gasteiger partial charge in [-0.2, -0.15) is 11.8 Å². The minimum absolute atomic E-state index is 0.696. The van der Waals surface area contributed by atoms with Crippen LogP contribution in [-0.4, -0.2) is 47.1 Å². The van der Waals surface area contributed by atoms with E-state index in [4.69, 9.17) is 0 Å². The second-order valence-electron chi connectivity index (χ2n) is 5.95. The number of hydrogen-bond donors (Lipinski definition) is 1. The lowest BCUT2D eigenvalue weighted by Gasteiger charge is -2.38. The third-order valence-electron chi connectivity index (χ3n) is 4.13. The van der Waals surface area contributed by atoms with Gasteiger partial charge in [-0.25, -0.2) is 0 Å². The molecule has 3 unspecified atom stereocenters. The van der Waals surface area contributed by atoms with Gasteiger partial charge in [0.2, 0.25) is 0 Å². The molecule has 0 radical (unpaired) electrons. The maximum atomic E-state index is 3.76. The first-order chi connectivity index (χ1) is 8.15. The second-order valence-corrected chi connectivity index (χ2v) is 7.83. The SMILES string of the molecule is CC1CN(C(C)CNC2CCCC2)CC(C)S1. The highest BCUT2D eigenvalue weighted by Crippen LogP contribution is 2.26. The standard InChI is InChI=1S/C14H28N2S/c1-11(8-15-14-6-4-5-7-14)16-9-12(2)17-13(3)10-16/h11-15H,4-10H2,1-3H3. The Balaban J connectivity index is 1.72. The van der Waals surface area contributed by atoms with Crippen LogP contribution in [0.5, 0.6) is 0 Å². The third kappa shape index (κ3) is 4.15. The Morgan fingerprint density at radius 2 is 1.76 bits per heavy atom. The molecule has 1 aliphatic carbocycles. The molecule has 2 nitrogen and oxygen atoms in total. The Morgan fingerprint density at radius 3 is 2.35 bits per heavy atom. The first-order valence-corrected chi connectivity index (χ1v) is 8.22. The van der Waals surface area contributed by atoms with Gasteiger partial charge in [-0.1, -0.05) is 26.7 Å². The molecule has 0 amide bonds. The highest BCUT2D eigenvalue weighted by atomic mass is 32.2. The van der Waals surface area contributed by atoms with Crippen LogP contribution in [0, 0.1) is 0 Å². The Kier molecular flexibility index (Phi) is 5.19. The first-order valence-electron chi connectivity index (χ1n) is 7.28. The molecule has 1 N–H and O–H groups in total. The number of rotatable bonds is 4. The van der Waals surface area contributed by atoms with Crippen molar-refractivity contribution < 1.29 is 0 Å². The van der Waals surface area contributed by atoms with E-state index in [1.165, 1.54) is 45.3 Å². The summed E-state index contributed by atoms with van der Waals surface area (Å²) in [5, 5.41) is 5.36. The van der Waals surface area contributed by atoms with E-state index in [1.54, 1.807) is 0 Å². The Labute approximate surface area is 111 Å². The summed E-state index contributed by atoms with van der Waals surface area (Å²) < 4.78 is 0. The van der Waals surface area contributed by atoms with E-state index >= 15 is 0 Å². The van der Waals surface area contributed by atoms with Gasteiger partial charge in [0.1, 0.15) is 0 Å². The molecular formula is C14H28N2S. The Bertz CT molecular complexity index is 218. The van der Waals surface area contributed by atoms with Crippen molar-refractivity contribution in [1.29, 1.82) is 0 Å². The molecule has 1 saturated carbocycles. The molecule has 0 aromatic heterocycles. The molecule has 2 fully saturated rings. The van der Waals surface area contributed by atoms with Crippen LogP contribution in [0.25, 0.3) is 0 Å². The second kappa shape index (κ2) is 6.44. The van der Waals surface area contributed by atoms with Crippen molar-refractivity contribution >= 4 is 11.8 Å². The van der Waals surface area contributed by atoms with Gasteiger partial charge in [-0.3, -0.25) is 4.90 Å². The number of thioether (sulfide) groups is 1. The largest absolute Gasteiger partial charge is 0.312 e. The van der Waals surface area contributed by atoms with E-state index in [0.717, 1.165) is 16.5 Å². The fourth-order valence-corrected chi connectivity index (χ4v) is 4.52. The van der Waals surface area contributed by atoms with E-state index in [-0.39, 0.29) is 0 Å². The molecule has 3 heteroatoms. The highest BCUT2D eigenvalue weighted by molar-refractivity contribution is 8.00. The zero-order valence-corrected chi connectivity index (χ0v) is 12.4. The minimum atomic E-state index is 0.696. The minimum Gasteiger partial charge on any atom is -0.312 e. The lowest BCUT2D eigenvalue weighted by molar-refractivity contribution is 0.198. The van der Waals surface area contributed by atoms with E-state index in [0.29, 0.717) is 6.04 Å². The molecule has 0 bridgehead atoms. The van der Waals surface area contributed by atoms with Gasteiger partial charge < -0.3 is 5.32 Å². The van der Waals surface area contributed by atoms with E-state index in [1.807, 2.05) is 0 Å². The van der Waals surface area contributed by atoms with Crippen molar-refractivity contribution in [1.82, 2.24) is 10.2 Å². The summed E-state index contributed by atoms with van der Waals surface area (Å²) in [6.45, 7) is 10.8.